The van der Waals surface area contributed by atoms with E-state index in [0.29, 0.717) is 6.42 Å². The van der Waals surface area contributed by atoms with Gasteiger partial charge in [0.2, 0.25) is 5.91 Å². The number of amides is 1. The number of hydrogen-bond donors (Lipinski definition) is 6. The lowest BCUT2D eigenvalue weighted by Crippen LogP contribution is -2.60. The highest BCUT2D eigenvalue weighted by Crippen LogP contribution is 2.22. The number of allylic oxidation sites excluding steroid dienone is 3. The molecule has 0 aromatic rings. The highest BCUT2D eigenvalue weighted by Gasteiger charge is 2.44. The molecule has 0 aromatic heterocycles. The minimum Gasteiger partial charge on any atom is -0.394 e. The minimum absolute atomic E-state index is 0.190. The van der Waals surface area contributed by atoms with E-state index in [1.807, 2.05) is 6.08 Å². The van der Waals surface area contributed by atoms with E-state index in [0.717, 1.165) is 64.2 Å². The van der Waals surface area contributed by atoms with Crippen LogP contribution in [0.25, 0.3) is 0 Å². The van der Waals surface area contributed by atoms with Crippen molar-refractivity contribution in [2.24, 2.45) is 0 Å². The summed E-state index contributed by atoms with van der Waals surface area (Å²) in [4.78, 5) is 12.8. The molecule has 7 unspecified atom stereocenters. The van der Waals surface area contributed by atoms with Crippen molar-refractivity contribution < 1.29 is 39.8 Å². The van der Waals surface area contributed by atoms with Crippen LogP contribution in [0.4, 0.5) is 0 Å². The molecule has 9 nitrogen and oxygen atoms in total. The maximum atomic E-state index is 12.8. The van der Waals surface area contributed by atoms with Crippen molar-refractivity contribution in [1.29, 1.82) is 0 Å². The predicted octanol–water partition coefficient (Wildman–Crippen LogP) is 6.77. The Morgan fingerprint density at radius 1 is 0.688 bits per heavy atom. The van der Waals surface area contributed by atoms with Crippen LogP contribution < -0.4 is 5.32 Å². The third-order valence-electron chi connectivity index (χ3n) is 9.25. The zero-order chi connectivity index (χ0) is 35.2. The average Bonchev–Trinajstić information content (AvgIpc) is 3.08. The Morgan fingerprint density at radius 2 is 1.21 bits per heavy atom. The van der Waals surface area contributed by atoms with E-state index in [1.165, 1.54) is 77.0 Å². The first-order valence-corrected chi connectivity index (χ1v) is 19.6. The van der Waals surface area contributed by atoms with Crippen LogP contribution in [-0.4, -0.2) is 87.5 Å². The Balaban J connectivity index is 2.45. The summed E-state index contributed by atoms with van der Waals surface area (Å²) >= 11 is 0. The lowest BCUT2D eigenvalue weighted by molar-refractivity contribution is -0.302. The number of nitrogens with one attached hydrogen (secondary N) is 1. The van der Waals surface area contributed by atoms with Gasteiger partial charge in [-0.1, -0.05) is 141 Å². The summed E-state index contributed by atoms with van der Waals surface area (Å²) in [6.07, 6.45) is 26.5. The first-order chi connectivity index (χ1) is 23.3. The van der Waals surface area contributed by atoms with Crippen molar-refractivity contribution in [1.82, 2.24) is 5.32 Å². The van der Waals surface area contributed by atoms with Gasteiger partial charge in [0.25, 0.3) is 0 Å². The van der Waals surface area contributed by atoms with Crippen LogP contribution in [0.5, 0.6) is 0 Å². The van der Waals surface area contributed by atoms with Crippen LogP contribution in [0.3, 0.4) is 0 Å². The van der Waals surface area contributed by atoms with E-state index in [-0.39, 0.29) is 12.5 Å². The van der Waals surface area contributed by atoms with Crippen molar-refractivity contribution in [3.05, 3.63) is 24.3 Å². The van der Waals surface area contributed by atoms with Gasteiger partial charge in [0.05, 0.1) is 25.4 Å². The van der Waals surface area contributed by atoms with Crippen molar-refractivity contribution >= 4 is 5.91 Å². The monoisotopic (exact) mass is 684 g/mol. The number of rotatable bonds is 31. The van der Waals surface area contributed by atoms with Crippen molar-refractivity contribution in [3.63, 3.8) is 0 Å². The second-order valence-corrected chi connectivity index (χ2v) is 13.7. The average molecular weight is 684 g/mol. The largest absolute Gasteiger partial charge is 0.394 e. The number of aliphatic hydroxyl groups excluding tert-OH is 5. The van der Waals surface area contributed by atoms with E-state index in [9.17, 15) is 30.3 Å². The molecule has 9 heteroatoms. The van der Waals surface area contributed by atoms with Gasteiger partial charge in [0.1, 0.15) is 24.4 Å². The number of carbonyl (C=O) groups is 1. The summed E-state index contributed by atoms with van der Waals surface area (Å²) in [6.45, 7) is 3.68. The molecule has 1 aliphatic rings. The van der Waals surface area contributed by atoms with E-state index in [1.54, 1.807) is 6.08 Å². The maximum Gasteiger partial charge on any atom is 0.220 e. The number of aliphatic hydroxyl groups is 5. The summed E-state index contributed by atoms with van der Waals surface area (Å²) in [6, 6.07) is -0.803. The molecule has 0 aliphatic carbocycles. The second kappa shape index (κ2) is 30.5. The van der Waals surface area contributed by atoms with Crippen molar-refractivity contribution in [2.45, 2.75) is 204 Å². The molecule has 0 radical (unpaired) electrons. The third kappa shape index (κ3) is 21.7. The van der Waals surface area contributed by atoms with E-state index in [4.69, 9.17) is 9.47 Å². The lowest BCUT2D eigenvalue weighted by Gasteiger charge is -2.40. The Bertz CT molecular complexity index is 807. The van der Waals surface area contributed by atoms with Gasteiger partial charge in [-0.2, -0.15) is 0 Å². The highest BCUT2D eigenvalue weighted by atomic mass is 16.7. The quantitative estimate of drug-likeness (QED) is 0.0346. The molecule has 1 saturated heterocycles. The van der Waals surface area contributed by atoms with E-state index in [2.05, 4.69) is 31.3 Å². The molecule has 1 amide bonds. The summed E-state index contributed by atoms with van der Waals surface area (Å²) < 4.78 is 11.1. The fraction of sp³-hybridized carbons (Fsp3) is 0.872. The van der Waals surface area contributed by atoms with Gasteiger partial charge < -0.3 is 40.3 Å². The zero-order valence-electron chi connectivity index (χ0n) is 30.5. The standard InChI is InChI=1S/C39H73NO8/c1-3-5-7-9-11-13-15-16-17-18-19-20-22-24-26-28-33(42)32(31-47-39-38(46)37(45)36(44)34(30-41)48-39)40-35(43)29-27-25-23-21-14-12-10-8-6-4-2/h8,10,26,28,32-34,36-39,41-42,44-46H,3-7,9,11-25,27,29-31H2,1-2H3,(H,40,43)/b10-8-,28-26+. The fourth-order valence-corrected chi connectivity index (χ4v) is 6.04. The molecule has 0 saturated carbocycles. The number of ether oxygens (including phenoxy) is 2. The molecule has 0 bridgehead atoms. The number of carbonyl (C=O) groups excluding carboxylic acids is 1. The fourth-order valence-electron chi connectivity index (χ4n) is 6.04. The molecule has 282 valence electrons. The maximum absolute atomic E-state index is 12.8. The molecule has 1 aliphatic heterocycles. The van der Waals surface area contributed by atoms with Gasteiger partial charge >= 0.3 is 0 Å². The molecule has 0 aromatic carbocycles. The van der Waals surface area contributed by atoms with Gasteiger partial charge in [-0.05, 0) is 38.5 Å². The molecule has 1 fully saturated rings. The molecule has 0 spiro atoms. The normalized spacial score (nSPS) is 22.9. The Kier molecular flexibility index (Phi) is 28.4. The smallest absolute Gasteiger partial charge is 0.220 e. The molecular formula is C39H73NO8. The summed E-state index contributed by atoms with van der Waals surface area (Å²) in [5.41, 5.74) is 0. The molecule has 6 N–H and O–H groups in total. The van der Waals surface area contributed by atoms with Gasteiger partial charge in [-0.3, -0.25) is 4.79 Å². The molecule has 1 heterocycles. The number of unbranched alkanes of at least 4 members (excludes halogenated alkanes) is 19. The van der Waals surface area contributed by atoms with Crippen molar-refractivity contribution in [3.8, 4) is 0 Å². The highest BCUT2D eigenvalue weighted by molar-refractivity contribution is 5.76. The van der Waals surface area contributed by atoms with Crippen LogP contribution in [0.15, 0.2) is 24.3 Å². The van der Waals surface area contributed by atoms with E-state index < -0.39 is 49.5 Å². The van der Waals surface area contributed by atoms with Crippen LogP contribution in [-0.2, 0) is 14.3 Å². The van der Waals surface area contributed by atoms with Crippen molar-refractivity contribution in [2.75, 3.05) is 13.2 Å². The second-order valence-electron chi connectivity index (χ2n) is 13.7. The van der Waals surface area contributed by atoms with Gasteiger partial charge in [0, 0.05) is 6.42 Å². The predicted molar refractivity (Wildman–Crippen MR) is 193 cm³/mol. The van der Waals surface area contributed by atoms with Gasteiger partial charge in [-0.25, -0.2) is 0 Å². The Morgan fingerprint density at radius 3 is 1.77 bits per heavy atom. The molecule has 1 rings (SSSR count). The molecule has 48 heavy (non-hydrogen) atoms. The van der Waals surface area contributed by atoms with Crippen LogP contribution in [0.2, 0.25) is 0 Å². The lowest BCUT2D eigenvalue weighted by atomic mass is 9.99. The number of hydrogen-bond acceptors (Lipinski definition) is 8. The Hall–Kier alpha value is -1.33. The summed E-state index contributed by atoms with van der Waals surface area (Å²) in [5.74, 6) is -0.191. The Labute approximate surface area is 292 Å². The first kappa shape index (κ1) is 44.7. The van der Waals surface area contributed by atoms with Crippen LogP contribution >= 0.6 is 0 Å². The van der Waals surface area contributed by atoms with Crippen LogP contribution in [0, 0.1) is 0 Å². The zero-order valence-corrected chi connectivity index (χ0v) is 30.5. The summed E-state index contributed by atoms with van der Waals surface area (Å²) in [7, 11) is 0. The van der Waals surface area contributed by atoms with Gasteiger partial charge in [0.15, 0.2) is 6.29 Å². The topological polar surface area (TPSA) is 149 Å². The van der Waals surface area contributed by atoms with E-state index >= 15 is 0 Å². The van der Waals surface area contributed by atoms with Gasteiger partial charge in [-0.15, -0.1) is 0 Å². The molecule has 7 atom stereocenters. The van der Waals surface area contributed by atoms with Crippen LogP contribution in [0.1, 0.15) is 162 Å². The third-order valence-corrected chi connectivity index (χ3v) is 9.25. The molecular weight excluding hydrogens is 610 g/mol. The first-order valence-electron chi connectivity index (χ1n) is 19.6. The summed E-state index contributed by atoms with van der Waals surface area (Å²) in [5, 5.41) is 53.9. The minimum atomic E-state index is -1.56. The SMILES string of the molecule is CCC/C=C\CCCCCCCC(=O)NC(COC1OC(CO)C(O)C(O)C1O)C(O)/C=C/CCCCCCCCCCCCCCC.